The Labute approximate surface area is 112 Å². The first-order chi connectivity index (χ1) is 9.01. The normalized spacial score (nSPS) is 23.3. The van der Waals surface area contributed by atoms with Gasteiger partial charge in [0.25, 0.3) is 0 Å². The molecule has 1 aromatic heterocycles. The Balaban J connectivity index is 1.90. The fourth-order valence-corrected chi connectivity index (χ4v) is 2.47. The highest BCUT2D eigenvalue weighted by Gasteiger charge is 2.39. The number of aliphatic carboxylic acids is 1. The summed E-state index contributed by atoms with van der Waals surface area (Å²) in [6, 6.07) is 1.84. The van der Waals surface area contributed by atoms with Crippen molar-refractivity contribution in [1.82, 2.24) is 4.90 Å². The van der Waals surface area contributed by atoms with Crippen molar-refractivity contribution >= 4 is 11.9 Å². The first-order valence-electron chi connectivity index (χ1n) is 6.53. The lowest BCUT2D eigenvalue weighted by molar-refractivity contribution is -0.153. The molecule has 1 saturated heterocycles. The summed E-state index contributed by atoms with van der Waals surface area (Å²) >= 11 is 0. The maximum Gasteiger partial charge on any atom is 0.311 e. The van der Waals surface area contributed by atoms with E-state index in [1.54, 1.807) is 24.3 Å². The summed E-state index contributed by atoms with van der Waals surface area (Å²) in [7, 11) is 0. The van der Waals surface area contributed by atoms with Gasteiger partial charge in [-0.05, 0) is 37.8 Å². The minimum Gasteiger partial charge on any atom is -0.481 e. The molecule has 1 unspecified atom stereocenters. The topological polar surface area (TPSA) is 70.8 Å². The average Bonchev–Trinajstić information content (AvgIpc) is 2.89. The Morgan fingerprint density at radius 2 is 2.32 bits per heavy atom. The zero-order valence-electron chi connectivity index (χ0n) is 11.1. The zero-order chi connectivity index (χ0) is 13.9. The highest BCUT2D eigenvalue weighted by Crippen LogP contribution is 2.30. The molecule has 1 amide bonds. The number of piperidine rings is 1. The molecule has 5 nitrogen and oxygen atoms in total. The molecule has 1 N–H and O–H groups in total. The third-order valence-electron chi connectivity index (χ3n) is 3.77. The summed E-state index contributed by atoms with van der Waals surface area (Å²) in [6.07, 6.45) is 5.63. The van der Waals surface area contributed by atoms with Crippen LogP contribution in [0.4, 0.5) is 0 Å². The van der Waals surface area contributed by atoms with Crippen LogP contribution in [0.1, 0.15) is 31.7 Å². The van der Waals surface area contributed by atoms with Gasteiger partial charge >= 0.3 is 5.97 Å². The number of hydrogen-bond acceptors (Lipinski definition) is 3. The molecule has 0 spiro atoms. The molecule has 0 aromatic carbocycles. The van der Waals surface area contributed by atoms with E-state index in [-0.39, 0.29) is 5.91 Å². The maximum absolute atomic E-state index is 12.1. The summed E-state index contributed by atoms with van der Waals surface area (Å²) in [4.78, 5) is 25.0. The van der Waals surface area contributed by atoms with E-state index in [0.717, 1.165) is 12.0 Å². The van der Waals surface area contributed by atoms with Crippen molar-refractivity contribution in [3.05, 3.63) is 24.2 Å². The number of furan rings is 1. The molecule has 5 heteroatoms. The van der Waals surface area contributed by atoms with Crippen molar-refractivity contribution in [1.29, 1.82) is 0 Å². The smallest absolute Gasteiger partial charge is 0.311 e. The molecule has 1 atom stereocenters. The first kappa shape index (κ1) is 13.6. The predicted molar refractivity (Wildman–Crippen MR) is 68.6 cm³/mol. The first-order valence-corrected chi connectivity index (χ1v) is 6.53. The van der Waals surface area contributed by atoms with Gasteiger partial charge in [0.1, 0.15) is 0 Å². The number of carbonyl (C=O) groups excluding carboxylic acids is 1. The van der Waals surface area contributed by atoms with Crippen LogP contribution in [0.2, 0.25) is 0 Å². The number of carbonyl (C=O) groups is 2. The van der Waals surface area contributed by atoms with Gasteiger partial charge in [-0.15, -0.1) is 0 Å². The molecule has 0 radical (unpaired) electrons. The molecule has 0 saturated carbocycles. The van der Waals surface area contributed by atoms with E-state index in [9.17, 15) is 14.7 Å². The lowest BCUT2D eigenvalue weighted by atomic mass is 9.82. The van der Waals surface area contributed by atoms with Crippen molar-refractivity contribution in [2.75, 3.05) is 13.1 Å². The lowest BCUT2D eigenvalue weighted by Gasteiger charge is -2.37. The highest BCUT2D eigenvalue weighted by molar-refractivity contribution is 5.79. The van der Waals surface area contributed by atoms with Gasteiger partial charge in [0.15, 0.2) is 0 Å². The van der Waals surface area contributed by atoms with Crippen LogP contribution in [0.15, 0.2) is 23.0 Å². The van der Waals surface area contributed by atoms with Gasteiger partial charge in [-0.25, -0.2) is 0 Å². The van der Waals surface area contributed by atoms with Crippen LogP contribution >= 0.6 is 0 Å². The molecule has 2 rings (SSSR count). The predicted octanol–water partition coefficient (Wildman–Crippen LogP) is 1.93. The highest BCUT2D eigenvalue weighted by atomic mass is 16.4. The van der Waals surface area contributed by atoms with Crippen molar-refractivity contribution in [3.8, 4) is 0 Å². The number of amides is 1. The van der Waals surface area contributed by atoms with Crippen LogP contribution in [0, 0.1) is 5.41 Å². The molecule has 0 aliphatic carbocycles. The Bertz CT molecular complexity index is 454. The van der Waals surface area contributed by atoms with Crippen molar-refractivity contribution in [3.63, 3.8) is 0 Å². The van der Waals surface area contributed by atoms with E-state index in [0.29, 0.717) is 32.4 Å². The van der Waals surface area contributed by atoms with Crippen LogP contribution in [-0.2, 0) is 16.0 Å². The Morgan fingerprint density at radius 3 is 2.95 bits per heavy atom. The minimum absolute atomic E-state index is 0.0216. The molecule has 2 heterocycles. The Hall–Kier alpha value is -1.78. The number of rotatable bonds is 4. The van der Waals surface area contributed by atoms with Gasteiger partial charge in [-0.1, -0.05) is 0 Å². The summed E-state index contributed by atoms with van der Waals surface area (Å²) in [5.41, 5.74) is 0.190. The molecule has 1 fully saturated rings. The SMILES string of the molecule is CC1(C(=O)O)CCCN(C(=O)CCc2ccoc2)C1. The van der Waals surface area contributed by atoms with E-state index in [2.05, 4.69) is 0 Å². The quantitative estimate of drug-likeness (QED) is 0.903. The molecular weight excluding hydrogens is 246 g/mol. The summed E-state index contributed by atoms with van der Waals surface area (Å²) in [6.45, 7) is 2.69. The van der Waals surface area contributed by atoms with Gasteiger partial charge in [0, 0.05) is 19.5 Å². The van der Waals surface area contributed by atoms with E-state index < -0.39 is 11.4 Å². The number of nitrogens with zero attached hydrogens (tertiary/aromatic N) is 1. The second-order valence-corrected chi connectivity index (χ2v) is 5.42. The maximum atomic E-state index is 12.1. The Kier molecular flexibility index (Phi) is 3.93. The van der Waals surface area contributed by atoms with Gasteiger partial charge < -0.3 is 14.4 Å². The van der Waals surface area contributed by atoms with Gasteiger partial charge in [-0.3, -0.25) is 9.59 Å². The van der Waals surface area contributed by atoms with Gasteiger partial charge in [-0.2, -0.15) is 0 Å². The van der Waals surface area contributed by atoms with Crippen LogP contribution in [-0.4, -0.2) is 35.0 Å². The molecule has 1 aliphatic heterocycles. The van der Waals surface area contributed by atoms with Gasteiger partial charge in [0.05, 0.1) is 17.9 Å². The molecule has 19 heavy (non-hydrogen) atoms. The molecule has 0 bridgehead atoms. The van der Waals surface area contributed by atoms with Crippen LogP contribution < -0.4 is 0 Å². The van der Waals surface area contributed by atoms with Crippen molar-refractivity contribution < 1.29 is 19.1 Å². The molecule has 1 aromatic rings. The number of carboxylic acids is 1. The largest absolute Gasteiger partial charge is 0.481 e. The van der Waals surface area contributed by atoms with E-state index in [1.807, 2.05) is 6.07 Å². The van der Waals surface area contributed by atoms with Crippen LogP contribution in [0.25, 0.3) is 0 Å². The third kappa shape index (κ3) is 3.16. The van der Waals surface area contributed by atoms with Crippen molar-refractivity contribution in [2.24, 2.45) is 5.41 Å². The molecular formula is C14H19NO4. The monoisotopic (exact) mass is 265 g/mol. The summed E-state index contributed by atoms with van der Waals surface area (Å²) < 4.78 is 4.95. The number of hydrogen-bond donors (Lipinski definition) is 1. The molecule has 1 aliphatic rings. The Morgan fingerprint density at radius 1 is 1.53 bits per heavy atom. The number of likely N-dealkylation sites (tertiary alicyclic amines) is 1. The zero-order valence-corrected chi connectivity index (χ0v) is 11.1. The van der Waals surface area contributed by atoms with Crippen LogP contribution in [0.5, 0.6) is 0 Å². The third-order valence-corrected chi connectivity index (χ3v) is 3.77. The second kappa shape index (κ2) is 5.47. The van der Waals surface area contributed by atoms with Gasteiger partial charge in [0.2, 0.25) is 5.91 Å². The fourth-order valence-electron chi connectivity index (χ4n) is 2.47. The molecule has 104 valence electrons. The second-order valence-electron chi connectivity index (χ2n) is 5.42. The summed E-state index contributed by atoms with van der Waals surface area (Å²) in [5, 5.41) is 9.23. The number of aryl methyl sites for hydroxylation is 1. The van der Waals surface area contributed by atoms with E-state index >= 15 is 0 Å². The van der Waals surface area contributed by atoms with Crippen molar-refractivity contribution in [2.45, 2.75) is 32.6 Å². The fraction of sp³-hybridized carbons (Fsp3) is 0.571. The average molecular weight is 265 g/mol. The number of carboxylic acid groups (broad SMARTS) is 1. The van der Waals surface area contributed by atoms with E-state index in [1.165, 1.54) is 0 Å². The summed E-state index contributed by atoms with van der Waals surface area (Å²) in [5.74, 6) is -0.798. The standard InChI is InChI=1S/C14H19NO4/c1-14(13(17)18)6-2-7-15(10-14)12(16)4-3-11-5-8-19-9-11/h5,8-9H,2-4,6-7,10H2,1H3,(H,17,18). The van der Waals surface area contributed by atoms with E-state index in [4.69, 9.17) is 4.42 Å². The van der Waals surface area contributed by atoms with Crippen LogP contribution in [0.3, 0.4) is 0 Å². The minimum atomic E-state index is -0.820. The lowest BCUT2D eigenvalue weighted by Crippen LogP contribution is -2.48.